The molecule has 0 saturated heterocycles. The van der Waals surface area contributed by atoms with Crippen LogP contribution in [0.25, 0.3) is 10.8 Å². The number of hydrogen-bond acceptors (Lipinski definition) is 1. The minimum atomic E-state index is -0.0702. The molecule has 20 heavy (non-hydrogen) atoms. The number of rotatable bonds is 4. The summed E-state index contributed by atoms with van der Waals surface area (Å²) in [6.07, 6.45) is 5.35. The molecule has 0 aliphatic rings. The topological polar surface area (TPSA) is 29.1 Å². The van der Waals surface area contributed by atoms with Gasteiger partial charge in [-0.3, -0.25) is 4.79 Å². The summed E-state index contributed by atoms with van der Waals surface area (Å²) in [5, 5.41) is 5.30. The average molecular weight is 265 g/mol. The van der Waals surface area contributed by atoms with Gasteiger partial charge in [-0.25, -0.2) is 0 Å². The van der Waals surface area contributed by atoms with E-state index < -0.39 is 0 Å². The molecule has 0 saturated carbocycles. The van der Waals surface area contributed by atoms with Crippen molar-refractivity contribution in [3.05, 3.63) is 71.8 Å². The molecule has 0 heterocycles. The van der Waals surface area contributed by atoms with Gasteiger partial charge in [0.15, 0.2) is 0 Å². The van der Waals surface area contributed by atoms with Crippen LogP contribution in [0, 0.1) is 0 Å². The first-order valence-electron chi connectivity index (χ1n) is 6.76. The molecular weight excluding hydrogens is 246 g/mol. The van der Waals surface area contributed by atoms with Crippen molar-refractivity contribution >= 4 is 16.7 Å². The smallest absolute Gasteiger partial charge is 0.244 e. The van der Waals surface area contributed by atoms with Crippen molar-refractivity contribution in [1.82, 2.24) is 5.32 Å². The van der Waals surface area contributed by atoms with E-state index in [-0.39, 0.29) is 5.91 Å². The summed E-state index contributed by atoms with van der Waals surface area (Å²) < 4.78 is 0. The molecule has 0 aliphatic carbocycles. The monoisotopic (exact) mass is 265 g/mol. The van der Waals surface area contributed by atoms with Crippen LogP contribution in [0.3, 0.4) is 0 Å². The zero-order chi connectivity index (χ0) is 14.4. The lowest BCUT2D eigenvalue weighted by molar-refractivity contribution is -0.116. The Kier molecular flexibility index (Phi) is 4.72. The number of fused-ring (bicyclic) bond motifs is 1. The van der Waals surface area contributed by atoms with Crippen LogP contribution in [-0.2, 0) is 11.3 Å². The minimum Gasteiger partial charge on any atom is -0.348 e. The quantitative estimate of drug-likeness (QED) is 0.657. The lowest BCUT2D eigenvalue weighted by Gasteiger charge is -2.07. The fourth-order valence-corrected chi connectivity index (χ4v) is 1.99. The largest absolute Gasteiger partial charge is 0.348 e. The number of hydrogen-bond donors (Lipinski definition) is 1. The van der Waals surface area contributed by atoms with Crippen molar-refractivity contribution in [3.8, 4) is 0 Å². The molecule has 2 rings (SSSR count). The van der Waals surface area contributed by atoms with E-state index in [2.05, 4.69) is 23.5 Å². The lowest BCUT2D eigenvalue weighted by Crippen LogP contribution is -2.20. The Hall–Kier alpha value is -2.35. The first-order valence-corrected chi connectivity index (χ1v) is 6.76. The summed E-state index contributed by atoms with van der Waals surface area (Å²) in [6.45, 7) is 4.46. The number of benzene rings is 2. The zero-order valence-electron chi connectivity index (χ0n) is 11.9. The SMILES string of the molecule is C/C=C(C)/C=C/C(=O)NCc1cccc2ccccc12. The number of nitrogens with one attached hydrogen (secondary N) is 1. The molecule has 0 unspecified atom stereocenters. The zero-order valence-corrected chi connectivity index (χ0v) is 11.9. The van der Waals surface area contributed by atoms with Crippen LogP contribution in [0.4, 0.5) is 0 Å². The fraction of sp³-hybridized carbons (Fsp3) is 0.167. The first-order chi connectivity index (χ1) is 9.70. The van der Waals surface area contributed by atoms with Crippen molar-refractivity contribution in [2.24, 2.45) is 0 Å². The molecule has 0 bridgehead atoms. The van der Waals surface area contributed by atoms with Gasteiger partial charge in [-0.1, -0.05) is 60.2 Å². The summed E-state index contributed by atoms with van der Waals surface area (Å²) in [5.74, 6) is -0.0702. The van der Waals surface area contributed by atoms with E-state index in [0.717, 1.165) is 11.1 Å². The van der Waals surface area contributed by atoms with E-state index in [0.29, 0.717) is 6.54 Å². The molecule has 0 atom stereocenters. The Labute approximate surface area is 119 Å². The molecule has 0 spiro atoms. The highest BCUT2D eigenvalue weighted by Crippen LogP contribution is 2.18. The number of allylic oxidation sites excluding steroid dienone is 3. The third kappa shape index (κ3) is 3.58. The van der Waals surface area contributed by atoms with Gasteiger partial charge in [-0.2, -0.15) is 0 Å². The molecule has 1 amide bonds. The van der Waals surface area contributed by atoms with Crippen LogP contribution in [0.2, 0.25) is 0 Å². The maximum absolute atomic E-state index is 11.7. The van der Waals surface area contributed by atoms with Gasteiger partial charge in [0.2, 0.25) is 5.91 Å². The Morgan fingerprint density at radius 3 is 2.65 bits per heavy atom. The van der Waals surface area contributed by atoms with Gasteiger partial charge in [0.25, 0.3) is 0 Å². The summed E-state index contributed by atoms with van der Waals surface area (Å²) in [5.41, 5.74) is 2.21. The summed E-state index contributed by atoms with van der Waals surface area (Å²) in [7, 11) is 0. The molecule has 0 aliphatic heterocycles. The maximum Gasteiger partial charge on any atom is 0.244 e. The van der Waals surface area contributed by atoms with Gasteiger partial charge >= 0.3 is 0 Å². The Balaban J connectivity index is 2.06. The van der Waals surface area contributed by atoms with E-state index in [4.69, 9.17) is 0 Å². The standard InChI is InChI=1S/C18H19NO/c1-3-14(2)11-12-18(20)19-13-16-9-6-8-15-7-4-5-10-17(15)16/h3-12H,13H2,1-2H3,(H,19,20)/b12-11+,14-3+. The van der Waals surface area contributed by atoms with Gasteiger partial charge in [0, 0.05) is 12.6 Å². The predicted molar refractivity (Wildman–Crippen MR) is 84.4 cm³/mol. The summed E-state index contributed by atoms with van der Waals surface area (Å²) in [4.78, 5) is 11.7. The normalized spacial score (nSPS) is 12.0. The highest BCUT2D eigenvalue weighted by atomic mass is 16.1. The predicted octanol–water partition coefficient (Wildman–Crippen LogP) is 3.98. The second-order valence-electron chi connectivity index (χ2n) is 4.72. The molecule has 0 fully saturated rings. The van der Waals surface area contributed by atoms with E-state index in [1.165, 1.54) is 10.8 Å². The first kappa shape index (κ1) is 14.1. The van der Waals surface area contributed by atoms with E-state index >= 15 is 0 Å². The third-order valence-corrected chi connectivity index (χ3v) is 3.29. The van der Waals surface area contributed by atoms with Crippen LogP contribution >= 0.6 is 0 Å². The molecule has 0 radical (unpaired) electrons. The van der Waals surface area contributed by atoms with Crippen molar-refractivity contribution in [2.75, 3.05) is 0 Å². The molecule has 2 aromatic rings. The maximum atomic E-state index is 11.7. The van der Waals surface area contributed by atoms with Crippen LogP contribution in [-0.4, -0.2) is 5.91 Å². The lowest BCUT2D eigenvalue weighted by atomic mass is 10.0. The summed E-state index contributed by atoms with van der Waals surface area (Å²) in [6, 6.07) is 14.3. The van der Waals surface area contributed by atoms with E-state index in [1.54, 1.807) is 6.08 Å². The average Bonchev–Trinajstić information content (AvgIpc) is 2.50. The number of carbonyl (C=O) groups is 1. The van der Waals surface area contributed by atoms with E-state index in [1.807, 2.05) is 50.3 Å². The van der Waals surface area contributed by atoms with Gasteiger partial charge in [0.1, 0.15) is 0 Å². The second-order valence-corrected chi connectivity index (χ2v) is 4.72. The van der Waals surface area contributed by atoms with Crippen molar-refractivity contribution in [2.45, 2.75) is 20.4 Å². The van der Waals surface area contributed by atoms with Gasteiger partial charge < -0.3 is 5.32 Å². The highest BCUT2D eigenvalue weighted by molar-refractivity contribution is 5.89. The third-order valence-electron chi connectivity index (χ3n) is 3.29. The minimum absolute atomic E-state index is 0.0702. The molecular formula is C18H19NO. The molecule has 102 valence electrons. The molecule has 2 aromatic carbocycles. The van der Waals surface area contributed by atoms with Crippen molar-refractivity contribution in [1.29, 1.82) is 0 Å². The van der Waals surface area contributed by atoms with Crippen LogP contribution < -0.4 is 5.32 Å². The fourth-order valence-electron chi connectivity index (χ4n) is 1.99. The van der Waals surface area contributed by atoms with Crippen LogP contribution in [0.5, 0.6) is 0 Å². The number of amides is 1. The highest BCUT2D eigenvalue weighted by Gasteiger charge is 2.01. The van der Waals surface area contributed by atoms with Crippen LogP contribution in [0.1, 0.15) is 19.4 Å². The van der Waals surface area contributed by atoms with Crippen LogP contribution in [0.15, 0.2) is 66.3 Å². The van der Waals surface area contributed by atoms with Gasteiger partial charge in [-0.15, -0.1) is 0 Å². The Morgan fingerprint density at radius 2 is 1.85 bits per heavy atom. The molecule has 2 nitrogen and oxygen atoms in total. The number of carbonyl (C=O) groups excluding carboxylic acids is 1. The van der Waals surface area contributed by atoms with Gasteiger partial charge in [-0.05, 0) is 30.2 Å². The second kappa shape index (κ2) is 6.71. The molecule has 0 aromatic heterocycles. The van der Waals surface area contributed by atoms with Crippen molar-refractivity contribution < 1.29 is 4.79 Å². The van der Waals surface area contributed by atoms with Gasteiger partial charge in [0.05, 0.1) is 0 Å². The van der Waals surface area contributed by atoms with E-state index in [9.17, 15) is 4.79 Å². The van der Waals surface area contributed by atoms with Crippen molar-refractivity contribution in [3.63, 3.8) is 0 Å². The molecule has 1 N–H and O–H groups in total. The molecule has 2 heteroatoms. The Bertz CT molecular complexity index is 663. The Morgan fingerprint density at radius 1 is 1.10 bits per heavy atom. The summed E-state index contributed by atoms with van der Waals surface area (Å²) >= 11 is 0.